The van der Waals surface area contributed by atoms with Crippen LogP contribution in [0.15, 0.2) is 59.8 Å². The molecule has 2 aromatic carbocycles. The van der Waals surface area contributed by atoms with Crippen LogP contribution in [-0.4, -0.2) is 17.4 Å². The minimum absolute atomic E-state index is 0.228. The van der Waals surface area contributed by atoms with Gasteiger partial charge in [-0.1, -0.05) is 18.2 Å². The lowest BCUT2D eigenvalue weighted by molar-refractivity contribution is 0.588. The second-order valence-corrected chi connectivity index (χ2v) is 5.92. The minimum atomic E-state index is -3.62. The van der Waals surface area contributed by atoms with Crippen molar-refractivity contribution in [2.24, 2.45) is 0 Å². The zero-order valence-electron chi connectivity index (χ0n) is 9.89. The zero-order valence-corrected chi connectivity index (χ0v) is 10.7. The van der Waals surface area contributed by atoms with Crippen LogP contribution in [0.5, 0.6) is 0 Å². The number of nitrogens with two attached hydrogens (primary N) is 1. The molecule has 0 atom stereocenters. The summed E-state index contributed by atoms with van der Waals surface area (Å²) in [6, 6.07) is 13.2. The Hall–Kier alpha value is -2.34. The van der Waals surface area contributed by atoms with E-state index in [1.165, 1.54) is 6.33 Å². The van der Waals surface area contributed by atoms with Gasteiger partial charge in [0.15, 0.2) is 0 Å². The second kappa shape index (κ2) is 4.10. The average molecular weight is 273 g/mol. The lowest BCUT2D eigenvalue weighted by atomic mass is 10.3. The topological polar surface area (TPSA) is 78.0 Å². The van der Waals surface area contributed by atoms with Gasteiger partial charge in [-0.25, -0.2) is 17.4 Å². The molecule has 3 rings (SSSR count). The predicted molar refractivity (Wildman–Crippen MR) is 73.2 cm³/mol. The highest BCUT2D eigenvalue weighted by atomic mass is 32.2. The normalized spacial score (nSPS) is 11.8. The van der Waals surface area contributed by atoms with Crippen LogP contribution in [0.1, 0.15) is 0 Å². The monoisotopic (exact) mass is 273 g/mol. The van der Waals surface area contributed by atoms with Crippen molar-refractivity contribution in [3.63, 3.8) is 0 Å². The molecule has 0 aliphatic carbocycles. The van der Waals surface area contributed by atoms with Crippen LogP contribution in [-0.2, 0) is 10.0 Å². The number of nitrogen functional groups attached to an aromatic ring is 1. The van der Waals surface area contributed by atoms with Gasteiger partial charge in [0.05, 0.1) is 15.9 Å². The molecule has 0 bridgehead atoms. The van der Waals surface area contributed by atoms with Gasteiger partial charge in [0.1, 0.15) is 6.33 Å². The average Bonchev–Trinajstić information content (AvgIpc) is 2.83. The molecule has 5 nitrogen and oxygen atoms in total. The van der Waals surface area contributed by atoms with Crippen molar-refractivity contribution in [2.45, 2.75) is 4.90 Å². The van der Waals surface area contributed by atoms with Crippen molar-refractivity contribution < 1.29 is 8.42 Å². The third kappa shape index (κ3) is 1.86. The Morgan fingerprint density at radius 2 is 1.79 bits per heavy atom. The van der Waals surface area contributed by atoms with Gasteiger partial charge in [-0.2, -0.15) is 0 Å². The Balaban J connectivity index is 2.25. The third-order valence-electron chi connectivity index (χ3n) is 2.84. The number of fused-ring (bicyclic) bond motifs is 1. The van der Waals surface area contributed by atoms with Gasteiger partial charge >= 0.3 is 0 Å². The maximum atomic E-state index is 12.5. The van der Waals surface area contributed by atoms with Gasteiger partial charge in [-0.3, -0.25) is 0 Å². The number of anilines is 1. The highest BCUT2D eigenvalue weighted by molar-refractivity contribution is 7.90. The first-order chi connectivity index (χ1) is 9.09. The quantitative estimate of drug-likeness (QED) is 0.723. The number of benzene rings is 2. The van der Waals surface area contributed by atoms with Gasteiger partial charge < -0.3 is 5.73 Å². The Bertz CT molecular complexity index is 839. The molecule has 1 aromatic heterocycles. The standard InChI is InChI=1S/C13H11N3O2S/c14-10-6-7-13-12(8-10)15-9-16(13)19(17,18)11-4-2-1-3-5-11/h1-9H,14H2. The number of nitrogens with zero attached hydrogens (tertiary/aromatic N) is 2. The molecule has 96 valence electrons. The van der Waals surface area contributed by atoms with Crippen molar-refractivity contribution in [3.8, 4) is 0 Å². The molecular formula is C13H11N3O2S. The predicted octanol–water partition coefficient (Wildman–Crippen LogP) is 1.86. The molecule has 2 N–H and O–H groups in total. The van der Waals surface area contributed by atoms with Gasteiger partial charge in [-0.15, -0.1) is 0 Å². The van der Waals surface area contributed by atoms with Crippen molar-refractivity contribution >= 4 is 26.7 Å². The van der Waals surface area contributed by atoms with E-state index < -0.39 is 10.0 Å². The molecule has 0 aliphatic heterocycles. The van der Waals surface area contributed by atoms with Gasteiger partial charge in [0.25, 0.3) is 10.0 Å². The van der Waals surface area contributed by atoms with E-state index in [1.54, 1.807) is 48.5 Å². The fourth-order valence-corrected chi connectivity index (χ4v) is 3.22. The lowest BCUT2D eigenvalue weighted by Crippen LogP contribution is -2.11. The second-order valence-electron chi connectivity index (χ2n) is 4.11. The molecule has 0 spiro atoms. The van der Waals surface area contributed by atoms with Gasteiger partial charge in [0.2, 0.25) is 0 Å². The van der Waals surface area contributed by atoms with Crippen LogP contribution in [0.3, 0.4) is 0 Å². The Morgan fingerprint density at radius 3 is 2.53 bits per heavy atom. The summed E-state index contributed by atoms with van der Waals surface area (Å²) in [7, 11) is -3.62. The zero-order chi connectivity index (χ0) is 13.5. The largest absolute Gasteiger partial charge is 0.399 e. The number of aromatic nitrogens is 2. The van der Waals surface area contributed by atoms with Crippen LogP contribution in [0.4, 0.5) is 5.69 Å². The van der Waals surface area contributed by atoms with E-state index in [4.69, 9.17) is 5.73 Å². The third-order valence-corrected chi connectivity index (χ3v) is 4.52. The van der Waals surface area contributed by atoms with Gasteiger partial charge in [-0.05, 0) is 30.3 Å². The van der Waals surface area contributed by atoms with Crippen molar-refractivity contribution in [1.82, 2.24) is 8.96 Å². The molecule has 19 heavy (non-hydrogen) atoms. The molecule has 6 heteroatoms. The fraction of sp³-hybridized carbons (Fsp3) is 0. The summed E-state index contributed by atoms with van der Waals surface area (Å²) in [5.41, 5.74) is 7.27. The molecule has 3 aromatic rings. The summed E-state index contributed by atoms with van der Waals surface area (Å²) in [5.74, 6) is 0. The summed E-state index contributed by atoms with van der Waals surface area (Å²) in [5, 5.41) is 0. The van der Waals surface area contributed by atoms with Crippen LogP contribution < -0.4 is 5.73 Å². The number of hydrogen-bond donors (Lipinski definition) is 1. The van der Waals surface area contributed by atoms with Crippen molar-refractivity contribution in [2.75, 3.05) is 5.73 Å². The lowest BCUT2D eigenvalue weighted by Gasteiger charge is -2.06. The Morgan fingerprint density at radius 1 is 1.05 bits per heavy atom. The smallest absolute Gasteiger partial charge is 0.269 e. The molecule has 0 saturated heterocycles. The Labute approximate surface area is 110 Å². The van der Waals surface area contributed by atoms with E-state index >= 15 is 0 Å². The fourth-order valence-electron chi connectivity index (χ4n) is 1.90. The molecular weight excluding hydrogens is 262 g/mol. The van der Waals surface area contributed by atoms with Crippen LogP contribution >= 0.6 is 0 Å². The first kappa shape index (κ1) is 11.7. The van der Waals surface area contributed by atoms with E-state index in [-0.39, 0.29) is 4.90 Å². The number of rotatable bonds is 2. The van der Waals surface area contributed by atoms with E-state index in [9.17, 15) is 8.42 Å². The highest BCUT2D eigenvalue weighted by Crippen LogP contribution is 2.21. The number of imidazole rings is 1. The van der Waals surface area contributed by atoms with Crippen molar-refractivity contribution in [3.05, 3.63) is 54.9 Å². The molecule has 0 radical (unpaired) electrons. The highest BCUT2D eigenvalue weighted by Gasteiger charge is 2.18. The summed E-state index contributed by atoms with van der Waals surface area (Å²) in [4.78, 5) is 4.30. The van der Waals surface area contributed by atoms with Gasteiger partial charge in [0, 0.05) is 5.69 Å². The summed E-state index contributed by atoms with van der Waals surface area (Å²) in [6.45, 7) is 0. The Kier molecular flexibility index (Phi) is 2.53. The molecule has 0 amide bonds. The summed E-state index contributed by atoms with van der Waals surface area (Å²) < 4.78 is 26.1. The van der Waals surface area contributed by atoms with E-state index in [0.717, 1.165) is 3.97 Å². The van der Waals surface area contributed by atoms with Crippen LogP contribution in [0.25, 0.3) is 11.0 Å². The van der Waals surface area contributed by atoms with E-state index in [2.05, 4.69) is 4.98 Å². The van der Waals surface area contributed by atoms with E-state index in [1.807, 2.05) is 0 Å². The first-order valence-electron chi connectivity index (χ1n) is 5.62. The molecule has 0 saturated carbocycles. The van der Waals surface area contributed by atoms with Crippen LogP contribution in [0, 0.1) is 0 Å². The molecule has 0 fully saturated rings. The first-order valence-corrected chi connectivity index (χ1v) is 7.06. The van der Waals surface area contributed by atoms with Crippen LogP contribution in [0.2, 0.25) is 0 Å². The molecule has 1 heterocycles. The molecule has 0 unspecified atom stereocenters. The minimum Gasteiger partial charge on any atom is -0.399 e. The van der Waals surface area contributed by atoms with Crippen molar-refractivity contribution in [1.29, 1.82) is 0 Å². The SMILES string of the molecule is Nc1ccc2c(c1)ncn2S(=O)(=O)c1ccccc1. The summed E-state index contributed by atoms with van der Waals surface area (Å²) in [6.07, 6.45) is 1.30. The molecule has 0 aliphatic rings. The maximum Gasteiger partial charge on any atom is 0.269 e. The maximum absolute atomic E-state index is 12.5. The summed E-state index contributed by atoms with van der Waals surface area (Å²) >= 11 is 0. The van der Waals surface area contributed by atoms with E-state index in [0.29, 0.717) is 16.7 Å². The number of hydrogen-bond acceptors (Lipinski definition) is 4.